The first-order valence-electron chi connectivity index (χ1n) is 9.29. The summed E-state index contributed by atoms with van der Waals surface area (Å²) in [4.78, 5) is 12.2. The number of carbonyl (C=O) groups excluding carboxylic acids is 1. The van der Waals surface area contributed by atoms with Gasteiger partial charge in [-0.3, -0.25) is 4.79 Å². The van der Waals surface area contributed by atoms with Crippen LogP contribution in [0.1, 0.15) is 68.7 Å². The first-order chi connectivity index (χ1) is 12.1. The van der Waals surface area contributed by atoms with E-state index in [4.69, 9.17) is 5.73 Å². The van der Waals surface area contributed by atoms with E-state index in [2.05, 4.69) is 39.8 Å². The molecule has 138 valence electrons. The fraction of sp³-hybridized carbons (Fsp3) is 0.435. The standard InChI is InChI=1S/C23H28FNO/c1-22(2)11-12-23(3,4)20-14-16(7-10-19(20)22)18(21(25)26)13-15-5-8-17(24)9-6-15/h5-10,14,18H,11-13H2,1-4H3,(H2,25,26). The highest BCUT2D eigenvalue weighted by molar-refractivity contribution is 5.82. The zero-order valence-electron chi connectivity index (χ0n) is 16.1. The molecule has 3 rings (SSSR count). The summed E-state index contributed by atoms with van der Waals surface area (Å²) < 4.78 is 13.2. The summed E-state index contributed by atoms with van der Waals surface area (Å²) in [7, 11) is 0. The van der Waals surface area contributed by atoms with Crippen molar-refractivity contribution < 1.29 is 9.18 Å². The molecule has 2 aromatic carbocycles. The molecule has 0 bridgehead atoms. The highest BCUT2D eigenvalue weighted by Gasteiger charge is 2.37. The quantitative estimate of drug-likeness (QED) is 0.827. The average Bonchev–Trinajstić information content (AvgIpc) is 2.58. The van der Waals surface area contributed by atoms with Gasteiger partial charge >= 0.3 is 0 Å². The molecular formula is C23H28FNO. The van der Waals surface area contributed by atoms with Gasteiger partial charge in [0.05, 0.1) is 5.92 Å². The van der Waals surface area contributed by atoms with Gasteiger partial charge in [-0.25, -0.2) is 4.39 Å². The fourth-order valence-electron chi connectivity index (χ4n) is 4.06. The van der Waals surface area contributed by atoms with E-state index in [1.807, 2.05) is 6.07 Å². The van der Waals surface area contributed by atoms with Gasteiger partial charge in [-0.05, 0) is 64.5 Å². The van der Waals surface area contributed by atoms with Crippen molar-refractivity contribution in [3.63, 3.8) is 0 Å². The number of nitrogens with two attached hydrogens (primary N) is 1. The zero-order chi connectivity index (χ0) is 19.1. The van der Waals surface area contributed by atoms with Crippen LogP contribution in [0.25, 0.3) is 0 Å². The largest absolute Gasteiger partial charge is 0.369 e. The molecule has 0 aromatic heterocycles. The van der Waals surface area contributed by atoms with E-state index < -0.39 is 5.92 Å². The van der Waals surface area contributed by atoms with E-state index in [9.17, 15) is 9.18 Å². The van der Waals surface area contributed by atoms with Gasteiger partial charge in [0.25, 0.3) is 0 Å². The molecule has 1 aliphatic rings. The number of rotatable bonds is 4. The molecule has 0 fully saturated rings. The van der Waals surface area contributed by atoms with Crippen LogP contribution in [-0.4, -0.2) is 5.91 Å². The van der Waals surface area contributed by atoms with E-state index in [1.54, 1.807) is 12.1 Å². The zero-order valence-corrected chi connectivity index (χ0v) is 16.1. The van der Waals surface area contributed by atoms with Crippen LogP contribution in [0.5, 0.6) is 0 Å². The SMILES string of the molecule is CC1(C)CCC(C)(C)c2cc(C(Cc3ccc(F)cc3)C(N)=O)ccc21. The summed E-state index contributed by atoms with van der Waals surface area (Å²) in [6, 6.07) is 12.7. The number of hydrogen-bond donors (Lipinski definition) is 1. The summed E-state index contributed by atoms with van der Waals surface area (Å²) in [6.07, 6.45) is 2.76. The van der Waals surface area contributed by atoms with Crippen molar-refractivity contribution in [3.05, 3.63) is 70.5 Å². The molecule has 3 heteroatoms. The Kier molecular flexibility index (Phi) is 4.68. The molecule has 2 aromatic rings. The number of amides is 1. The Balaban J connectivity index is 2.01. The molecule has 0 saturated carbocycles. The van der Waals surface area contributed by atoms with E-state index in [-0.39, 0.29) is 22.6 Å². The van der Waals surface area contributed by atoms with Crippen LogP contribution < -0.4 is 5.73 Å². The van der Waals surface area contributed by atoms with Crippen LogP contribution in [0.15, 0.2) is 42.5 Å². The van der Waals surface area contributed by atoms with Crippen LogP contribution in [0, 0.1) is 5.82 Å². The number of hydrogen-bond acceptors (Lipinski definition) is 1. The van der Waals surface area contributed by atoms with Gasteiger partial charge < -0.3 is 5.73 Å². The molecular weight excluding hydrogens is 325 g/mol. The summed E-state index contributed by atoms with van der Waals surface area (Å²) in [6.45, 7) is 9.10. The molecule has 2 N–H and O–H groups in total. The van der Waals surface area contributed by atoms with E-state index in [1.165, 1.54) is 23.3 Å². The van der Waals surface area contributed by atoms with Crippen molar-refractivity contribution >= 4 is 5.91 Å². The van der Waals surface area contributed by atoms with Gasteiger partial charge in [0.2, 0.25) is 5.91 Å². The van der Waals surface area contributed by atoms with Crippen molar-refractivity contribution in [3.8, 4) is 0 Å². The normalized spacial score (nSPS) is 18.8. The van der Waals surface area contributed by atoms with Crippen LogP contribution in [0.4, 0.5) is 4.39 Å². The predicted octanol–water partition coefficient (Wildman–Crippen LogP) is 4.99. The first kappa shape index (κ1) is 18.6. The molecule has 0 aliphatic heterocycles. The molecule has 2 nitrogen and oxygen atoms in total. The molecule has 1 unspecified atom stereocenters. The maximum absolute atomic E-state index is 13.2. The lowest BCUT2D eigenvalue weighted by Gasteiger charge is -2.42. The summed E-state index contributed by atoms with van der Waals surface area (Å²) >= 11 is 0. The Hall–Kier alpha value is -2.16. The van der Waals surface area contributed by atoms with Crippen molar-refractivity contribution in [2.24, 2.45) is 5.73 Å². The van der Waals surface area contributed by atoms with Crippen molar-refractivity contribution in [2.45, 2.75) is 63.7 Å². The van der Waals surface area contributed by atoms with Gasteiger partial charge in [0, 0.05) is 0 Å². The lowest BCUT2D eigenvalue weighted by Crippen LogP contribution is -2.34. The highest BCUT2D eigenvalue weighted by Crippen LogP contribution is 2.46. The van der Waals surface area contributed by atoms with E-state index >= 15 is 0 Å². The number of carbonyl (C=O) groups is 1. The molecule has 1 atom stereocenters. The molecule has 0 radical (unpaired) electrons. The van der Waals surface area contributed by atoms with Crippen LogP contribution in [0.2, 0.25) is 0 Å². The average molecular weight is 353 g/mol. The van der Waals surface area contributed by atoms with Gasteiger partial charge in [0.1, 0.15) is 5.82 Å². The van der Waals surface area contributed by atoms with Gasteiger partial charge in [-0.1, -0.05) is 58.0 Å². The van der Waals surface area contributed by atoms with E-state index in [0.717, 1.165) is 24.0 Å². The molecule has 1 amide bonds. The molecule has 0 saturated heterocycles. The second-order valence-electron chi connectivity index (χ2n) is 8.86. The Morgan fingerprint density at radius 1 is 1.00 bits per heavy atom. The Morgan fingerprint density at radius 2 is 1.58 bits per heavy atom. The molecule has 0 spiro atoms. The Labute approximate surface area is 155 Å². The number of primary amides is 1. The minimum atomic E-state index is -0.411. The predicted molar refractivity (Wildman–Crippen MR) is 104 cm³/mol. The van der Waals surface area contributed by atoms with Gasteiger partial charge in [0.15, 0.2) is 0 Å². The Morgan fingerprint density at radius 3 is 2.15 bits per heavy atom. The maximum Gasteiger partial charge on any atom is 0.225 e. The highest BCUT2D eigenvalue weighted by atomic mass is 19.1. The number of benzene rings is 2. The smallest absolute Gasteiger partial charge is 0.225 e. The summed E-state index contributed by atoms with van der Waals surface area (Å²) in [5.74, 6) is -1.03. The minimum absolute atomic E-state index is 0.0823. The second kappa shape index (κ2) is 6.53. The lowest BCUT2D eigenvalue weighted by molar-refractivity contribution is -0.119. The third-order valence-corrected chi connectivity index (χ3v) is 5.98. The molecule has 1 aliphatic carbocycles. The topological polar surface area (TPSA) is 43.1 Å². The monoisotopic (exact) mass is 353 g/mol. The number of halogens is 1. The molecule has 0 heterocycles. The summed E-state index contributed by atoms with van der Waals surface area (Å²) in [5.41, 5.74) is 10.5. The van der Waals surface area contributed by atoms with Crippen LogP contribution in [-0.2, 0) is 22.0 Å². The van der Waals surface area contributed by atoms with Gasteiger partial charge in [-0.2, -0.15) is 0 Å². The lowest BCUT2D eigenvalue weighted by atomic mass is 9.62. The summed E-state index contributed by atoms with van der Waals surface area (Å²) in [5, 5.41) is 0. The third kappa shape index (κ3) is 3.53. The van der Waals surface area contributed by atoms with Crippen LogP contribution >= 0.6 is 0 Å². The minimum Gasteiger partial charge on any atom is -0.369 e. The van der Waals surface area contributed by atoms with Gasteiger partial charge in [-0.15, -0.1) is 0 Å². The first-order valence-corrected chi connectivity index (χ1v) is 9.29. The third-order valence-electron chi connectivity index (χ3n) is 5.98. The fourth-order valence-corrected chi connectivity index (χ4v) is 4.06. The van der Waals surface area contributed by atoms with Crippen LogP contribution in [0.3, 0.4) is 0 Å². The second-order valence-corrected chi connectivity index (χ2v) is 8.86. The van der Waals surface area contributed by atoms with Crippen molar-refractivity contribution in [1.82, 2.24) is 0 Å². The van der Waals surface area contributed by atoms with Crippen molar-refractivity contribution in [2.75, 3.05) is 0 Å². The van der Waals surface area contributed by atoms with E-state index in [0.29, 0.717) is 6.42 Å². The molecule has 26 heavy (non-hydrogen) atoms. The number of fused-ring (bicyclic) bond motifs is 1. The Bertz CT molecular complexity index is 821. The van der Waals surface area contributed by atoms with Crippen molar-refractivity contribution in [1.29, 1.82) is 0 Å². The maximum atomic E-state index is 13.2.